The third kappa shape index (κ3) is 7.27. The van der Waals surface area contributed by atoms with Crippen molar-refractivity contribution in [2.24, 2.45) is 5.41 Å². The molecule has 5 heterocycles. The van der Waals surface area contributed by atoms with Crippen LogP contribution in [0.5, 0.6) is 5.75 Å². The molecule has 4 saturated heterocycles. The molecule has 1 aromatic heterocycles. The van der Waals surface area contributed by atoms with Crippen LogP contribution in [0.15, 0.2) is 54.7 Å². The summed E-state index contributed by atoms with van der Waals surface area (Å²) in [6.45, 7) is 25.8. The molecule has 0 unspecified atom stereocenters. The van der Waals surface area contributed by atoms with Crippen LogP contribution in [-0.2, 0) is 16.8 Å². The van der Waals surface area contributed by atoms with Crippen LogP contribution < -0.4 is 9.64 Å². The molecule has 0 radical (unpaired) electrons. The van der Waals surface area contributed by atoms with Crippen molar-refractivity contribution in [1.29, 1.82) is 0 Å². The molecule has 0 aliphatic carbocycles. The van der Waals surface area contributed by atoms with Gasteiger partial charge in [0.1, 0.15) is 18.0 Å². The fourth-order valence-corrected chi connectivity index (χ4v) is 7.89. The summed E-state index contributed by atoms with van der Waals surface area (Å²) in [4.78, 5) is 34.7. The van der Waals surface area contributed by atoms with E-state index >= 15 is 0 Å². The molecular weight excluding hydrogens is 650 g/mol. The maximum absolute atomic E-state index is 12.3. The first kappa shape index (κ1) is 34.5. The van der Waals surface area contributed by atoms with Crippen LogP contribution in [0, 0.1) is 12.0 Å². The Morgan fingerprint density at radius 1 is 0.940 bits per heavy atom. The first-order valence-electron chi connectivity index (χ1n) is 17.7. The Morgan fingerprint density at radius 3 is 2.28 bits per heavy atom. The van der Waals surface area contributed by atoms with Crippen LogP contribution in [0.25, 0.3) is 4.85 Å². The Bertz CT molecular complexity index is 1740. The summed E-state index contributed by atoms with van der Waals surface area (Å²) in [7, 11) is 0. The van der Waals surface area contributed by atoms with Crippen LogP contribution in [0.4, 0.5) is 16.4 Å². The minimum Gasteiger partial charge on any atom is -0.487 e. The van der Waals surface area contributed by atoms with Gasteiger partial charge in [-0.05, 0) is 80.5 Å². The Kier molecular flexibility index (Phi) is 9.21. The van der Waals surface area contributed by atoms with Crippen LogP contribution in [0.1, 0.15) is 64.3 Å². The molecule has 1 spiro atoms. The molecule has 4 aliphatic rings. The normalized spacial score (nSPS) is 20.1. The lowest BCUT2D eigenvalue weighted by molar-refractivity contribution is -0.114. The van der Waals surface area contributed by atoms with Crippen LogP contribution in [0.3, 0.4) is 0 Å². The van der Waals surface area contributed by atoms with Gasteiger partial charge in [0.05, 0.1) is 12.3 Å². The highest BCUT2D eigenvalue weighted by Crippen LogP contribution is 2.43. The maximum Gasteiger partial charge on any atom is 0.410 e. The van der Waals surface area contributed by atoms with Gasteiger partial charge in [-0.25, -0.2) is 19.6 Å². The van der Waals surface area contributed by atoms with Crippen molar-refractivity contribution in [2.75, 3.05) is 57.3 Å². The molecule has 4 aliphatic heterocycles. The number of amides is 1. The predicted molar refractivity (Wildman–Crippen MR) is 195 cm³/mol. The van der Waals surface area contributed by atoms with Crippen molar-refractivity contribution in [3.8, 4) is 5.75 Å². The lowest BCUT2D eigenvalue weighted by Gasteiger charge is -2.61. The molecule has 2 aromatic carbocycles. The van der Waals surface area contributed by atoms with Crippen LogP contribution in [-0.4, -0.2) is 101 Å². The zero-order valence-electron chi connectivity index (χ0n) is 29.9. The number of rotatable bonds is 8. The van der Waals surface area contributed by atoms with Gasteiger partial charge < -0.3 is 19.3 Å². The van der Waals surface area contributed by atoms with Crippen molar-refractivity contribution < 1.29 is 14.3 Å². The second kappa shape index (κ2) is 13.3. The molecule has 0 atom stereocenters. The minimum atomic E-state index is -0.444. The molecule has 10 nitrogen and oxygen atoms in total. The highest BCUT2D eigenvalue weighted by molar-refractivity contribution is 6.31. The Morgan fingerprint density at radius 2 is 1.62 bits per heavy atom. The van der Waals surface area contributed by atoms with Gasteiger partial charge in [0.2, 0.25) is 5.95 Å². The first-order valence-corrected chi connectivity index (χ1v) is 18.1. The smallest absolute Gasteiger partial charge is 0.410 e. The second-order valence-electron chi connectivity index (χ2n) is 16.1. The zero-order chi connectivity index (χ0) is 35.3. The number of anilines is 1. The quantitative estimate of drug-likeness (QED) is 0.238. The van der Waals surface area contributed by atoms with E-state index in [2.05, 4.69) is 50.5 Å². The molecule has 264 valence electrons. The lowest BCUT2D eigenvalue weighted by Crippen LogP contribution is -2.74. The van der Waals surface area contributed by atoms with Gasteiger partial charge >= 0.3 is 6.09 Å². The van der Waals surface area contributed by atoms with Crippen LogP contribution >= 0.6 is 11.6 Å². The van der Waals surface area contributed by atoms with Crippen LogP contribution in [0.2, 0.25) is 5.02 Å². The van der Waals surface area contributed by atoms with Gasteiger partial charge in [-0.2, -0.15) is 0 Å². The molecule has 7 rings (SSSR count). The maximum atomic E-state index is 12.3. The number of carbonyl (C=O) groups is 1. The predicted octanol–water partition coefficient (Wildman–Crippen LogP) is 6.79. The van der Waals surface area contributed by atoms with E-state index in [-0.39, 0.29) is 11.5 Å². The summed E-state index contributed by atoms with van der Waals surface area (Å²) in [6.07, 6.45) is 3.97. The SMILES string of the molecule is [C-]#[N+]c1cc(Cl)cc(C(C)(C)c2ccc(OCc3ccnc(N4CCC5(CC4)CN(C4CN(C6CN(C(=O)OC(C)(C)C)C6)C4)C5)n3)cc2)c1. The average molecular weight is 698 g/mol. The first-order chi connectivity index (χ1) is 23.8. The van der Waals surface area contributed by atoms with E-state index in [1.54, 1.807) is 6.07 Å². The molecule has 0 saturated carbocycles. The van der Waals surface area contributed by atoms with E-state index in [1.165, 1.54) is 13.1 Å². The number of halogens is 1. The third-order valence-corrected chi connectivity index (χ3v) is 11.2. The number of carbonyl (C=O) groups excluding carboxylic acids is 1. The summed E-state index contributed by atoms with van der Waals surface area (Å²) in [5, 5.41) is 0.571. The second-order valence-corrected chi connectivity index (χ2v) is 16.6. The molecular formula is C39H48ClN7O3. The van der Waals surface area contributed by atoms with E-state index in [4.69, 9.17) is 32.6 Å². The fraction of sp³-hybridized carbons (Fsp3) is 0.538. The van der Waals surface area contributed by atoms with Gasteiger partial charge in [0, 0.05) is 81.1 Å². The van der Waals surface area contributed by atoms with Gasteiger partial charge in [0.25, 0.3) is 0 Å². The number of hydrogen-bond donors (Lipinski definition) is 0. The molecule has 0 N–H and O–H groups in total. The monoisotopic (exact) mass is 697 g/mol. The largest absolute Gasteiger partial charge is 0.487 e. The molecule has 4 fully saturated rings. The summed E-state index contributed by atoms with van der Waals surface area (Å²) >= 11 is 6.30. The zero-order valence-corrected chi connectivity index (χ0v) is 30.6. The Hall–Kier alpha value is -3.91. The molecule has 11 heteroatoms. The minimum absolute atomic E-state index is 0.192. The number of hydrogen-bond acceptors (Lipinski definition) is 8. The highest BCUT2D eigenvalue weighted by atomic mass is 35.5. The lowest BCUT2D eigenvalue weighted by atomic mass is 9.71. The van der Waals surface area contributed by atoms with Crippen molar-refractivity contribution in [2.45, 2.75) is 77.2 Å². The Balaban J connectivity index is 0.844. The molecule has 1 amide bonds. The van der Waals surface area contributed by atoms with Gasteiger partial charge in [0.15, 0.2) is 5.69 Å². The van der Waals surface area contributed by atoms with E-state index in [9.17, 15) is 4.79 Å². The summed E-state index contributed by atoms with van der Waals surface area (Å²) < 4.78 is 11.6. The summed E-state index contributed by atoms with van der Waals surface area (Å²) in [6, 6.07) is 16.7. The van der Waals surface area contributed by atoms with Gasteiger partial charge in [-0.15, -0.1) is 0 Å². The number of likely N-dealkylation sites (tertiary alicyclic amines) is 3. The molecule has 50 heavy (non-hydrogen) atoms. The average Bonchev–Trinajstić information content (AvgIpc) is 3.02. The fourth-order valence-electron chi connectivity index (χ4n) is 7.66. The Labute approximate surface area is 301 Å². The number of benzene rings is 2. The van der Waals surface area contributed by atoms with E-state index in [1.807, 2.05) is 62.2 Å². The molecule has 0 bridgehead atoms. The number of nitrogens with zero attached hydrogens (tertiary/aromatic N) is 7. The van der Waals surface area contributed by atoms with E-state index in [0.717, 1.165) is 80.6 Å². The van der Waals surface area contributed by atoms with Crippen molar-refractivity contribution >= 4 is 29.3 Å². The summed E-state index contributed by atoms with van der Waals surface area (Å²) in [5.74, 6) is 1.56. The standard InChI is InChI=1S/C39H48ClN7O3/c1-37(2,3)50-36(48)46-22-32(23-46)45-20-33(21-45)47-25-39(26-47)12-15-44(16-13-39)35-42-14-11-30(43-35)24-49-34-9-7-27(8-10-34)38(4,5)28-17-29(40)19-31(18-28)41-6/h7-11,14,17-19,32-33H,12-13,15-16,20-26H2,1-5H3. The van der Waals surface area contributed by atoms with E-state index in [0.29, 0.717) is 34.8 Å². The number of piperidine rings is 1. The number of ether oxygens (including phenoxy) is 2. The molecule has 3 aromatic rings. The van der Waals surface area contributed by atoms with E-state index < -0.39 is 5.60 Å². The van der Waals surface area contributed by atoms with Gasteiger partial charge in [-0.3, -0.25) is 9.80 Å². The number of aromatic nitrogens is 2. The van der Waals surface area contributed by atoms with Gasteiger partial charge in [-0.1, -0.05) is 43.6 Å². The third-order valence-electron chi connectivity index (χ3n) is 11.0. The summed E-state index contributed by atoms with van der Waals surface area (Å²) in [5.41, 5.74) is 3.16. The van der Waals surface area contributed by atoms with Crippen molar-refractivity contribution in [3.05, 3.63) is 88.0 Å². The van der Waals surface area contributed by atoms with Crippen molar-refractivity contribution in [3.63, 3.8) is 0 Å². The van der Waals surface area contributed by atoms with Crippen molar-refractivity contribution in [1.82, 2.24) is 24.7 Å². The topological polar surface area (TPSA) is 78.6 Å². The highest BCUT2D eigenvalue weighted by Gasteiger charge is 2.51.